The van der Waals surface area contributed by atoms with Crippen molar-refractivity contribution in [1.29, 1.82) is 0 Å². The normalized spacial score (nSPS) is 11.0. The van der Waals surface area contributed by atoms with Gasteiger partial charge in [0.1, 0.15) is 5.60 Å². The maximum atomic E-state index is 12.9. The number of alkyl carbamates (subject to hydrolysis) is 1. The standard InChI is InChI=1S/C26H29N3O3/c1-26(2,3)32-25(31)29-18-19-10-4-5-12-21(19)22-13-6-7-14-23(22)24(30)28-17-15-20-11-8-9-16-27-20/h4-14,16H,15,17-18H2,1-3H3,(H,28,30)(H,29,31). The second kappa shape index (κ2) is 10.6. The molecule has 166 valence electrons. The molecule has 0 saturated heterocycles. The largest absolute Gasteiger partial charge is 0.444 e. The van der Waals surface area contributed by atoms with Gasteiger partial charge in [-0.1, -0.05) is 48.5 Å². The lowest BCUT2D eigenvalue weighted by Gasteiger charge is -2.20. The number of aromatic nitrogens is 1. The minimum absolute atomic E-state index is 0.147. The first-order chi connectivity index (χ1) is 15.3. The van der Waals surface area contributed by atoms with Gasteiger partial charge in [-0.2, -0.15) is 0 Å². The molecule has 0 spiro atoms. The molecule has 0 aliphatic carbocycles. The van der Waals surface area contributed by atoms with Gasteiger partial charge in [-0.3, -0.25) is 9.78 Å². The number of amides is 2. The molecule has 0 saturated carbocycles. The first-order valence-electron chi connectivity index (χ1n) is 10.7. The molecule has 0 aliphatic rings. The lowest BCUT2D eigenvalue weighted by atomic mass is 9.95. The molecule has 0 aliphatic heterocycles. The lowest BCUT2D eigenvalue weighted by molar-refractivity contribution is 0.0523. The quantitative estimate of drug-likeness (QED) is 0.566. The molecule has 6 nitrogen and oxygen atoms in total. The van der Waals surface area contributed by atoms with Gasteiger partial charge >= 0.3 is 6.09 Å². The van der Waals surface area contributed by atoms with Gasteiger partial charge in [0, 0.05) is 37.0 Å². The molecule has 0 fully saturated rings. The van der Waals surface area contributed by atoms with Crippen LogP contribution in [-0.4, -0.2) is 29.1 Å². The highest BCUT2D eigenvalue weighted by Crippen LogP contribution is 2.27. The highest BCUT2D eigenvalue weighted by molar-refractivity contribution is 6.01. The average Bonchev–Trinajstić information content (AvgIpc) is 2.77. The second-order valence-corrected chi connectivity index (χ2v) is 8.39. The van der Waals surface area contributed by atoms with Crippen LogP contribution in [0.2, 0.25) is 0 Å². The first kappa shape index (κ1) is 23.0. The van der Waals surface area contributed by atoms with Crippen LogP contribution in [0, 0.1) is 0 Å². The summed E-state index contributed by atoms with van der Waals surface area (Å²) < 4.78 is 5.33. The molecule has 0 radical (unpaired) electrons. The van der Waals surface area contributed by atoms with E-state index in [1.165, 1.54) is 0 Å². The Morgan fingerprint density at radius 1 is 0.875 bits per heavy atom. The molecule has 3 aromatic rings. The van der Waals surface area contributed by atoms with Gasteiger partial charge in [-0.25, -0.2) is 4.79 Å². The number of nitrogens with one attached hydrogen (secondary N) is 2. The summed E-state index contributed by atoms with van der Waals surface area (Å²) in [5, 5.41) is 5.78. The molecule has 0 atom stereocenters. The third kappa shape index (κ3) is 6.67. The third-order valence-corrected chi connectivity index (χ3v) is 4.69. The minimum Gasteiger partial charge on any atom is -0.444 e. The van der Waals surface area contributed by atoms with E-state index in [1.807, 2.05) is 87.5 Å². The van der Waals surface area contributed by atoms with Gasteiger partial charge in [0.25, 0.3) is 5.91 Å². The molecule has 0 unspecified atom stereocenters. The van der Waals surface area contributed by atoms with Crippen molar-refractivity contribution in [2.24, 2.45) is 0 Å². The van der Waals surface area contributed by atoms with Crippen LogP contribution in [0.4, 0.5) is 4.79 Å². The van der Waals surface area contributed by atoms with Crippen molar-refractivity contribution in [3.63, 3.8) is 0 Å². The SMILES string of the molecule is CC(C)(C)OC(=O)NCc1ccccc1-c1ccccc1C(=O)NCCc1ccccn1. The van der Waals surface area contributed by atoms with Crippen LogP contribution in [-0.2, 0) is 17.7 Å². The Morgan fingerprint density at radius 2 is 1.56 bits per heavy atom. The third-order valence-electron chi connectivity index (χ3n) is 4.69. The van der Waals surface area contributed by atoms with Crippen molar-refractivity contribution in [3.8, 4) is 11.1 Å². The molecule has 32 heavy (non-hydrogen) atoms. The number of rotatable bonds is 7. The first-order valence-corrected chi connectivity index (χ1v) is 10.7. The average molecular weight is 432 g/mol. The number of ether oxygens (including phenoxy) is 1. The van der Waals surface area contributed by atoms with Crippen molar-refractivity contribution in [2.45, 2.75) is 39.3 Å². The van der Waals surface area contributed by atoms with Gasteiger partial charge in [-0.15, -0.1) is 0 Å². The monoisotopic (exact) mass is 431 g/mol. The van der Waals surface area contributed by atoms with E-state index in [4.69, 9.17) is 4.74 Å². The van der Waals surface area contributed by atoms with Crippen LogP contribution in [0.1, 0.15) is 42.4 Å². The van der Waals surface area contributed by atoms with E-state index in [-0.39, 0.29) is 5.91 Å². The number of benzene rings is 2. The number of nitrogens with zero attached hydrogens (tertiary/aromatic N) is 1. The molecule has 1 heterocycles. The highest BCUT2D eigenvalue weighted by Gasteiger charge is 2.18. The molecule has 1 aromatic heterocycles. The van der Waals surface area contributed by atoms with Crippen LogP contribution in [0.15, 0.2) is 72.9 Å². The number of hydrogen-bond donors (Lipinski definition) is 2. The number of carbonyl (C=O) groups excluding carboxylic acids is 2. The number of carbonyl (C=O) groups is 2. The Bertz CT molecular complexity index is 1060. The Hall–Kier alpha value is -3.67. The van der Waals surface area contributed by atoms with E-state index in [9.17, 15) is 9.59 Å². The summed E-state index contributed by atoms with van der Waals surface area (Å²) >= 11 is 0. The predicted molar refractivity (Wildman–Crippen MR) is 125 cm³/mol. The van der Waals surface area contributed by atoms with Crippen LogP contribution < -0.4 is 10.6 Å². The van der Waals surface area contributed by atoms with E-state index in [2.05, 4.69) is 15.6 Å². The van der Waals surface area contributed by atoms with Crippen LogP contribution in [0.5, 0.6) is 0 Å². The fourth-order valence-electron chi connectivity index (χ4n) is 3.28. The van der Waals surface area contributed by atoms with Crippen molar-refractivity contribution >= 4 is 12.0 Å². The molecule has 0 bridgehead atoms. The summed E-state index contributed by atoms with van der Waals surface area (Å²) in [6, 6.07) is 20.9. The number of hydrogen-bond acceptors (Lipinski definition) is 4. The van der Waals surface area contributed by atoms with Crippen LogP contribution >= 0.6 is 0 Å². The Balaban J connectivity index is 1.73. The Kier molecular flexibility index (Phi) is 7.60. The van der Waals surface area contributed by atoms with E-state index >= 15 is 0 Å². The summed E-state index contributed by atoms with van der Waals surface area (Å²) in [5.74, 6) is -0.147. The zero-order valence-corrected chi connectivity index (χ0v) is 18.7. The van der Waals surface area contributed by atoms with Crippen molar-refractivity contribution in [1.82, 2.24) is 15.6 Å². The molecular weight excluding hydrogens is 402 g/mol. The molecule has 2 N–H and O–H groups in total. The van der Waals surface area contributed by atoms with Crippen molar-refractivity contribution in [3.05, 3.63) is 89.7 Å². The molecular formula is C26H29N3O3. The van der Waals surface area contributed by atoms with Crippen molar-refractivity contribution in [2.75, 3.05) is 6.54 Å². The summed E-state index contributed by atoms with van der Waals surface area (Å²) in [5.41, 5.74) is 3.54. The molecule has 2 amide bonds. The Morgan fingerprint density at radius 3 is 2.28 bits per heavy atom. The summed E-state index contributed by atoms with van der Waals surface area (Å²) in [4.78, 5) is 29.3. The van der Waals surface area contributed by atoms with Gasteiger partial charge in [-0.05, 0) is 55.7 Å². The van der Waals surface area contributed by atoms with Gasteiger partial charge < -0.3 is 15.4 Å². The van der Waals surface area contributed by atoms with Crippen molar-refractivity contribution < 1.29 is 14.3 Å². The maximum Gasteiger partial charge on any atom is 0.407 e. The smallest absolute Gasteiger partial charge is 0.407 e. The van der Waals surface area contributed by atoms with Crippen LogP contribution in [0.25, 0.3) is 11.1 Å². The summed E-state index contributed by atoms with van der Waals surface area (Å²) in [6.45, 7) is 6.25. The molecule has 3 rings (SSSR count). The van der Waals surface area contributed by atoms with Crippen LogP contribution in [0.3, 0.4) is 0 Å². The summed E-state index contributed by atoms with van der Waals surface area (Å²) in [6.07, 6.45) is 1.92. The lowest BCUT2D eigenvalue weighted by Crippen LogP contribution is -2.32. The van der Waals surface area contributed by atoms with E-state index < -0.39 is 11.7 Å². The second-order valence-electron chi connectivity index (χ2n) is 8.39. The zero-order valence-electron chi connectivity index (χ0n) is 18.7. The van der Waals surface area contributed by atoms with Gasteiger partial charge in [0.2, 0.25) is 0 Å². The fourth-order valence-corrected chi connectivity index (χ4v) is 3.28. The van der Waals surface area contributed by atoms with E-state index in [1.54, 1.807) is 6.20 Å². The van der Waals surface area contributed by atoms with E-state index in [0.717, 1.165) is 22.4 Å². The van der Waals surface area contributed by atoms with Gasteiger partial charge in [0.05, 0.1) is 0 Å². The molecule has 6 heteroatoms. The van der Waals surface area contributed by atoms with E-state index in [0.29, 0.717) is 25.1 Å². The van der Waals surface area contributed by atoms with Gasteiger partial charge in [0.15, 0.2) is 0 Å². The highest BCUT2D eigenvalue weighted by atomic mass is 16.6. The topological polar surface area (TPSA) is 80.3 Å². The number of pyridine rings is 1. The maximum absolute atomic E-state index is 12.9. The summed E-state index contributed by atoms with van der Waals surface area (Å²) in [7, 11) is 0. The Labute approximate surface area is 189 Å². The molecule has 2 aromatic carbocycles. The zero-order chi connectivity index (χ0) is 23.0. The minimum atomic E-state index is -0.566. The predicted octanol–water partition coefficient (Wildman–Crippen LogP) is 4.75. The fraction of sp³-hybridized carbons (Fsp3) is 0.269.